The topological polar surface area (TPSA) is 98.9 Å². The number of hydrogen-bond acceptors (Lipinski definition) is 7. The molecule has 0 bridgehead atoms. The van der Waals surface area contributed by atoms with Crippen molar-refractivity contribution in [3.8, 4) is 11.5 Å². The van der Waals surface area contributed by atoms with Crippen LogP contribution in [-0.4, -0.2) is 29.3 Å². The first-order valence-electron chi connectivity index (χ1n) is 7.43. The van der Waals surface area contributed by atoms with Crippen LogP contribution in [-0.2, 0) is 0 Å². The first-order chi connectivity index (χ1) is 11.7. The second kappa shape index (κ2) is 8.47. The molecule has 8 nitrogen and oxygen atoms in total. The Balaban J connectivity index is 2.15. The van der Waals surface area contributed by atoms with Crippen LogP contribution in [0.3, 0.4) is 0 Å². The van der Waals surface area contributed by atoms with E-state index in [0.717, 1.165) is 5.56 Å². The normalized spacial score (nSPS) is 10.6. The molecule has 0 aliphatic rings. The van der Waals surface area contributed by atoms with Gasteiger partial charge in [-0.3, -0.25) is 15.5 Å². The number of benzene rings is 1. The van der Waals surface area contributed by atoms with Crippen molar-refractivity contribution in [2.75, 3.05) is 18.6 Å². The number of nitrogens with one attached hydrogen (secondary N) is 1. The Labute approximate surface area is 139 Å². The molecule has 0 fully saturated rings. The number of ether oxygens (including phenoxy) is 2. The van der Waals surface area contributed by atoms with E-state index < -0.39 is 4.92 Å². The summed E-state index contributed by atoms with van der Waals surface area (Å²) in [7, 11) is 0. The van der Waals surface area contributed by atoms with Gasteiger partial charge in [0.05, 0.1) is 24.4 Å². The van der Waals surface area contributed by atoms with E-state index in [2.05, 4.69) is 15.5 Å². The van der Waals surface area contributed by atoms with Gasteiger partial charge >= 0.3 is 5.69 Å². The van der Waals surface area contributed by atoms with Crippen LogP contribution in [0.1, 0.15) is 19.4 Å². The number of nitro groups is 1. The van der Waals surface area contributed by atoms with Gasteiger partial charge < -0.3 is 9.47 Å². The van der Waals surface area contributed by atoms with Crippen LogP contribution in [0.5, 0.6) is 11.5 Å². The van der Waals surface area contributed by atoms with E-state index in [4.69, 9.17) is 9.47 Å². The third-order valence-corrected chi connectivity index (χ3v) is 2.93. The molecule has 0 amide bonds. The average Bonchev–Trinajstić information content (AvgIpc) is 2.58. The average molecular weight is 330 g/mol. The fourth-order valence-electron chi connectivity index (χ4n) is 1.95. The van der Waals surface area contributed by atoms with Crippen molar-refractivity contribution in [1.82, 2.24) is 4.98 Å². The molecule has 1 heterocycles. The van der Waals surface area contributed by atoms with Crippen molar-refractivity contribution >= 4 is 17.7 Å². The first-order valence-corrected chi connectivity index (χ1v) is 7.43. The summed E-state index contributed by atoms with van der Waals surface area (Å²) in [6.07, 6.45) is 2.98. The van der Waals surface area contributed by atoms with Crippen molar-refractivity contribution in [2.24, 2.45) is 5.10 Å². The third-order valence-electron chi connectivity index (χ3n) is 2.93. The molecule has 0 saturated heterocycles. The maximum absolute atomic E-state index is 10.9. The number of nitrogens with zero attached hydrogens (tertiary/aromatic N) is 3. The molecule has 0 aliphatic heterocycles. The van der Waals surface area contributed by atoms with E-state index in [1.54, 1.807) is 12.1 Å². The highest BCUT2D eigenvalue weighted by atomic mass is 16.6. The quantitative estimate of drug-likeness (QED) is 0.453. The summed E-state index contributed by atoms with van der Waals surface area (Å²) in [6, 6.07) is 8.24. The van der Waals surface area contributed by atoms with Gasteiger partial charge in [0.15, 0.2) is 11.5 Å². The zero-order valence-corrected chi connectivity index (χ0v) is 13.4. The third kappa shape index (κ3) is 4.42. The number of anilines is 1. The van der Waals surface area contributed by atoms with Crippen LogP contribution < -0.4 is 14.9 Å². The lowest BCUT2D eigenvalue weighted by atomic mass is 10.2. The predicted molar refractivity (Wildman–Crippen MR) is 90.9 cm³/mol. The Bertz CT molecular complexity index is 734. The minimum atomic E-state index is -0.519. The summed E-state index contributed by atoms with van der Waals surface area (Å²) in [4.78, 5) is 14.3. The van der Waals surface area contributed by atoms with Crippen LogP contribution in [0, 0.1) is 10.1 Å². The summed E-state index contributed by atoms with van der Waals surface area (Å²) in [6.45, 7) is 4.84. The SMILES string of the molecule is CCOc1ccc(/C=N\Nc2ncccc2[N+](=O)[O-])cc1OCC. The molecular weight excluding hydrogens is 312 g/mol. The fraction of sp³-hybridized carbons (Fsp3) is 0.250. The Kier molecular flexibility index (Phi) is 6.07. The van der Waals surface area contributed by atoms with E-state index in [1.807, 2.05) is 19.9 Å². The van der Waals surface area contributed by atoms with Crippen molar-refractivity contribution in [3.05, 3.63) is 52.2 Å². The monoisotopic (exact) mass is 330 g/mol. The molecule has 0 aliphatic carbocycles. The van der Waals surface area contributed by atoms with E-state index in [1.165, 1.54) is 24.5 Å². The lowest BCUT2D eigenvalue weighted by Gasteiger charge is -2.11. The summed E-state index contributed by atoms with van der Waals surface area (Å²) < 4.78 is 11.0. The molecule has 1 aromatic carbocycles. The lowest BCUT2D eigenvalue weighted by molar-refractivity contribution is -0.384. The standard InChI is InChI=1S/C16H18N4O4/c1-3-23-14-8-7-12(10-15(14)24-4-2)11-18-19-16-13(20(21)22)6-5-9-17-16/h5-11H,3-4H2,1-2H3,(H,17,19)/b18-11-. The van der Waals surface area contributed by atoms with Crippen molar-refractivity contribution < 1.29 is 14.4 Å². The van der Waals surface area contributed by atoms with Crippen LogP contribution >= 0.6 is 0 Å². The van der Waals surface area contributed by atoms with Gasteiger partial charge in [-0.1, -0.05) is 0 Å². The highest BCUT2D eigenvalue weighted by Gasteiger charge is 2.13. The number of rotatable bonds is 8. The summed E-state index contributed by atoms with van der Waals surface area (Å²) in [5.41, 5.74) is 3.19. The Hall–Kier alpha value is -3.16. The van der Waals surface area contributed by atoms with Gasteiger partial charge in [-0.05, 0) is 43.7 Å². The second-order valence-corrected chi connectivity index (χ2v) is 4.57. The Morgan fingerprint density at radius 1 is 1.25 bits per heavy atom. The minimum absolute atomic E-state index is 0.0784. The number of hydrogen-bond donors (Lipinski definition) is 1. The number of hydrazone groups is 1. The molecule has 8 heteroatoms. The summed E-state index contributed by atoms with van der Waals surface area (Å²) in [5, 5.41) is 14.9. The highest BCUT2D eigenvalue weighted by Crippen LogP contribution is 2.28. The Morgan fingerprint density at radius 2 is 2.00 bits per heavy atom. The van der Waals surface area contributed by atoms with Crippen LogP contribution in [0.2, 0.25) is 0 Å². The van der Waals surface area contributed by atoms with Gasteiger partial charge in [-0.25, -0.2) is 4.98 Å². The van der Waals surface area contributed by atoms with E-state index in [-0.39, 0.29) is 11.5 Å². The molecule has 0 saturated carbocycles. The van der Waals surface area contributed by atoms with Crippen molar-refractivity contribution in [3.63, 3.8) is 0 Å². The van der Waals surface area contributed by atoms with Gasteiger partial charge in [0.25, 0.3) is 0 Å². The number of aromatic nitrogens is 1. The molecule has 1 aromatic heterocycles. The molecule has 0 spiro atoms. The molecular formula is C16H18N4O4. The van der Waals surface area contributed by atoms with Gasteiger partial charge in [0.2, 0.25) is 5.82 Å². The Morgan fingerprint density at radius 3 is 2.71 bits per heavy atom. The smallest absolute Gasteiger partial charge is 0.313 e. The van der Waals surface area contributed by atoms with Crippen molar-refractivity contribution in [1.29, 1.82) is 0 Å². The summed E-state index contributed by atoms with van der Waals surface area (Å²) in [5.74, 6) is 1.35. The molecule has 2 rings (SSSR count). The van der Waals surface area contributed by atoms with Crippen LogP contribution in [0.25, 0.3) is 0 Å². The summed E-state index contributed by atoms with van der Waals surface area (Å²) >= 11 is 0. The van der Waals surface area contributed by atoms with Gasteiger partial charge in [0, 0.05) is 12.3 Å². The molecule has 1 N–H and O–H groups in total. The van der Waals surface area contributed by atoms with Crippen molar-refractivity contribution in [2.45, 2.75) is 13.8 Å². The fourth-order valence-corrected chi connectivity index (χ4v) is 1.95. The number of pyridine rings is 1. The van der Waals surface area contributed by atoms with Gasteiger partial charge in [-0.2, -0.15) is 5.10 Å². The maximum Gasteiger partial charge on any atom is 0.313 e. The van der Waals surface area contributed by atoms with Gasteiger partial charge in [-0.15, -0.1) is 0 Å². The van der Waals surface area contributed by atoms with Crippen LogP contribution in [0.15, 0.2) is 41.6 Å². The van der Waals surface area contributed by atoms with Gasteiger partial charge in [0.1, 0.15) is 0 Å². The zero-order chi connectivity index (χ0) is 17.4. The zero-order valence-electron chi connectivity index (χ0n) is 13.4. The predicted octanol–water partition coefficient (Wildman–Crippen LogP) is 3.23. The van der Waals surface area contributed by atoms with E-state index in [0.29, 0.717) is 24.7 Å². The van der Waals surface area contributed by atoms with E-state index >= 15 is 0 Å². The lowest BCUT2D eigenvalue weighted by Crippen LogP contribution is -2.00. The van der Waals surface area contributed by atoms with Crippen LogP contribution in [0.4, 0.5) is 11.5 Å². The van der Waals surface area contributed by atoms with E-state index in [9.17, 15) is 10.1 Å². The first kappa shape index (κ1) is 17.2. The molecule has 2 aromatic rings. The maximum atomic E-state index is 10.9. The molecule has 0 unspecified atom stereocenters. The molecule has 0 radical (unpaired) electrons. The molecule has 126 valence electrons. The minimum Gasteiger partial charge on any atom is -0.490 e. The molecule has 24 heavy (non-hydrogen) atoms. The largest absolute Gasteiger partial charge is 0.490 e. The second-order valence-electron chi connectivity index (χ2n) is 4.57. The highest BCUT2D eigenvalue weighted by molar-refractivity contribution is 5.81. The molecule has 0 atom stereocenters.